The van der Waals surface area contributed by atoms with E-state index in [9.17, 15) is 29.1 Å². The molecule has 0 aliphatic carbocycles. The summed E-state index contributed by atoms with van der Waals surface area (Å²) < 4.78 is 5.43. The summed E-state index contributed by atoms with van der Waals surface area (Å²) in [5, 5.41) is 9.61. The molecular formula is C19H22N2O7. The fourth-order valence-electron chi connectivity index (χ4n) is 3.19. The number of hydrogen-bond donors (Lipinski definition) is 1. The summed E-state index contributed by atoms with van der Waals surface area (Å²) in [7, 11) is 2.31. The van der Waals surface area contributed by atoms with E-state index in [1.54, 1.807) is 6.07 Å². The number of ether oxygens (including phenoxy) is 1. The lowest BCUT2D eigenvalue weighted by atomic mass is 9.81. The van der Waals surface area contributed by atoms with Gasteiger partial charge in [-0.15, -0.1) is 0 Å². The van der Waals surface area contributed by atoms with Crippen molar-refractivity contribution in [3.8, 4) is 0 Å². The average Bonchev–Trinajstić information content (AvgIpc) is 2.70. The highest BCUT2D eigenvalue weighted by atomic mass is 16.6. The topological polar surface area (TPSA) is 121 Å². The predicted octanol–water partition coefficient (Wildman–Crippen LogP) is 1.37. The minimum Gasteiger partial charge on any atom is -0.480 e. The summed E-state index contributed by atoms with van der Waals surface area (Å²) >= 11 is 0. The van der Waals surface area contributed by atoms with Gasteiger partial charge >= 0.3 is 18.0 Å². The zero-order chi connectivity index (χ0) is 21.3. The molecule has 150 valence electrons. The summed E-state index contributed by atoms with van der Waals surface area (Å²) in [6.07, 6.45) is -0.203. The molecule has 0 radical (unpaired) electrons. The molecule has 0 spiro atoms. The molecule has 2 rings (SSSR count). The highest BCUT2D eigenvalue weighted by Gasteiger charge is 2.62. The van der Waals surface area contributed by atoms with Crippen LogP contribution in [0.5, 0.6) is 0 Å². The number of aliphatic carboxylic acids is 1. The number of carboxylic acids is 1. The van der Waals surface area contributed by atoms with Gasteiger partial charge < -0.3 is 9.84 Å². The van der Waals surface area contributed by atoms with Gasteiger partial charge in [-0.05, 0) is 12.8 Å². The molecule has 0 saturated carbocycles. The third kappa shape index (κ3) is 2.83. The summed E-state index contributed by atoms with van der Waals surface area (Å²) in [6, 6.07) is 6.63. The molecule has 28 heavy (non-hydrogen) atoms. The maximum absolute atomic E-state index is 13.1. The number of carboxylic acid groups (broad SMARTS) is 1. The van der Waals surface area contributed by atoms with Crippen molar-refractivity contribution in [3.05, 3.63) is 35.9 Å². The highest BCUT2D eigenvalue weighted by Crippen LogP contribution is 2.38. The normalized spacial score (nSPS) is 16.9. The van der Waals surface area contributed by atoms with Gasteiger partial charge in [0.05, 0.1) is 0 Å². The highest BCUT2D eigenvalue weighted by molar-refractivity contribution is 6.22. The van der Waals surface area contributed by atoms with Crippen molar-refractivity contribution in [1.82, 2.24) is 9.80 Å². The Hall–Kier alpha value is -3.23. The van der Waals surface area contributed by atoms with Crippen molar-refractivity contribution >= 4 is 29.8 Å². The van der Waals surface area contributed by atoms with Gasteiger partial charge in [0.25, 0.3) is 17.4 Å². The van der Waals surface area contributed by atoms with Crippen LogP contribution in [-0.2, 0) is 29.5 Å². The van der Waals surface area contributed by atoms with Gasteiger partial charge in [-0.3, -0.25) is 29.0 Å². The molecule has 9 heteroatoms. The van der Waals surface area contributed by atoms with E-state index in [0.29, 0.717) is 9.80 Å². The Labute approximate surface area is 161 Å². The number of benzene rings is 1. The maximum atomic E-state index is 13.1. The first-order valence-corrected chi connectivity index (χ1v) is 8.72. The SMILES string of the molecule is CCC(CC)(C(=O)O)C(=O)OC1(c2ccccc2)C(=O)N(C)C(=O)N(C)C1=O. The fraction of sp³-hybridized carbons (Fsp3) is 0.421. The molecule has 0 bridgehead atoms. The smallest absolute Gasteiger partial charge is 0.333 e. The minimum atomic E-state index is -2.49. The molecule has 1 N–H and O–H groups in total. The molecule has 0 atom stereocenters. The Balaban J connectivity index is 2.70. The average molecular weight is 390 g/mol. The van der Waals surface area contributed by atoms with E-state index in [0.717, 1.165) is 14.1 Å². The number of carbonyl (C=O) groups is 5. The van der Waals surface area contributed by atoms with Crippen LogP contribution in [0.25, 0.3) is 0 Å². The summed E-state index contributed by atoms with van der Waals surface area (Å²) in [4.78, 5) is 64.4. The monoisotopic (exact) mass is 390 g/mol. The van der Waals surface area contributed by atoms with Crippen LogP contribution >= 0.6 is 0 Å². The molecule has 1 aromatic carbocycles. The molecule has 1 aromatic rings. The van der Waals surface area contributed by atoms with Crippen molar-refractivity contribution in [1.29, 1.82) is 0 Å². The van der Waals surface area contributed by atoms with Crippen LogP contribution in [-0.4, -0.2) is 58.8 Å². The number of urea groups is 1. The molecular weight excluding hydrogens is 368 g/mol. The van der Waals surface area contributed by atoms with Crippen LogP contribution < -0.4 is 0 Å². The number of imide groups is 2. The number of nitrogens with zero attached hydrogens (tertiary/aromatic N) is 2. The zero-order valence-corrected chi connectivity index (χ0v) is 16.1. The van der Waals surface area contributed by atoms with E-state index in [1.807, 2.05) is 0 Å². The molecule has 1 aliphatic rings. The van der Waals surface area contributed by atoms with Crippen molar-refractivity contribution in [3.63, 3.8) is 0 Å². The first-order chi connectivity index (χ1) is 13.1. The molecule has 1 saturated heterocycles. The number of barbiturate groups is 1. The largest absolute Gasteiger partial charge is 0.480 e. The number of esters is 1. The van der Waals surface area contributed by atoms with Crippen LogP contribution in [0.15, 0.2) is 30.3 Å². The summed E-state index contributed by atoms with van der Waals surface area (Å²) in [6.45, 7) is 3.00. The number of carbonyl (C=O) groups excluding carboxylic acids is 4. The van der Waals surface area contributed by atoms with Crippen molar-refractivity contribution in [2.24, 2.45) is 5.41 Å². The number of rotatable bonds is 6. The first-order valence-electron chi connectivity index (χ1n) is 8.72. The van der Waals surface area contributed by atoms with E-state index >= 15 is 0 Å². The van der Waals surface area contributed by atoms with Crippen molar-refractivity contribution < 1.29 is 33.8 Å². The van der Waals surface area contributed by atoms with Crippen LogP contribution in [0.3, 0.4) is 0 Å². The fourth-order valence-corrected chi connectivity index (χ4v) is 3.19. The van der Waals surface area contributed by atoms with E-state index in [4.69, 9.17) is 4.74 Å². The Morgan fingerprint density at radius 1 is 1.00 bits per heavy atom. The van der Waals surface area contributed by atoms with Gasteiger partial charge in [0.2, 0.25) is 0 Å². The second kappa shape index (κ2) is 7.41. The lowest BCUT2D eigenvalue weighted by Crippen LogP contribution is -2.67. The second-order valence-corrected chi connectivity index (χ2v) is 6.54. The Morgan fingerprint density at radius 3 is 1.86 bits per heavy atom. The van der Waals surface area contributed by atoms with Crippen LogP contribution in [0, 0.1) is 5.41 Å². The standard InChI is InChI=1S/C19H22N2O7/c1-5-18(6-2,15(24)25)16(26)28-19(12-10-8-7-9-11-12)13(22)20(3)17(27)21(4)14(19)23/h7-11H,5-6H2,1-4H3,(H,24,25). The molecule has 0 unspecified atom stereocenters. The third-order valence-electron chi connectivity index (χ3n) is 5.22. The molecule has 1 aliphatic heterocycles. The summed E-state index contributed by atoms with van der Waals surface area (Å²) in [5.41, 5.74) is -4.39. The molecule has 9 nitrogen and oxygen atoms in total. The Morgan fingerprint density at radius 2 is 1.46 bits per heavy atom. The van der Waals surface area contributed by atoms with Crippen molar-refractivity contribution in [2.75, 3.05) is 14.1 Å². The van der Waals surface area contributed by atoms with Gasteiger partial charge in [0.1, 0.15) is 0 Å². The maximum Gasteiger partial charge on any atom is 0.333 e. The van der Waals surface area contributed by atoms with Gasteiger partial charge in [-0.1, -0.05) is 44.2 Å². The number of hydrogen-bond acceptors (Lipinski definition) is 6. The molecule has 4 amide bonds. The van der Waals surface area contributed by atoms with E-state index in [-0.39, 0.29) is 18.4 Å². The van der Waals surface area contributed by atoms with Crippen LogP contribution in [0.4, 0.5) is 4.79 Å². The zero-order valence-electron chi connectivity index (χ0n) is 16.1. The van der Waals surface area contributed by atoms with Gasteiger partial charge in [0, 0.05) is 19.7 Å². The van der Waals surface area contributed by atoms with Gasteiger partial charge in [0.15, 0.2) is 5.41 Å². The second-order valence-electron chi connectivity index (χ2n) is 6.54. The Bertz CT molecular complexity index is 806. The lowest BCUT2D eigenvalue weighted by molar-refractivity contribution is -0.196. The van der Waals surface area contributed by atoms with E-state index in [2.05, 4.69) is 0 Å². The van der Waals surface area contributed by atoms with E-state index in [1.165, 1.54) is 38.1 Å². The Kier molecular flexibility index (Phi) is 5.58. The van der Waals surface area contributed by atoms with Gasteiger partial charge in [-0.25, -0.2) is 4.79 Å². The lowest BCUT2D eigenvalue weighted by Gasteiger charge is -2.42. The number of likely N-dealkylation sites (N-methyl/N-ethyl adjacent to an activating group) is 2. The molecule has 1 heterocycles. The van der Waals surface area contributed by atoms with Crippen molar-refractivity contribution in [2.45, 2.75) is 32.3 Å². The molecule has 0 aromatic heterocycles. The van der Waals surface area contributed by atoms with Crippen LogP contribution in [0.2, 0.25) is 0 Å². The quantitative estimate of drug-likeness (QED) is 0.575. The number of amides is 4. The first kappa shape index (κ1) is 21.1. The third-order valence-corrected chi connectivity index (χ3v) is 5.22. The van der Waals surface area contributed by atoms with Gasteiger partial charge in [-0.2, -0.15) is 0 Å². The predicted molar refractivity (Wildman–Crippen MR) is 95.8 cm³/mol. The van der Waals surface area contributed by atoms with Crippen LogP contribution in [0.1, 0.15) is 32.3 Å². The minimum absolute atomic E-state index is 0.0241. The summed E-state index contributed by atoms with van der Waals surface area (Å²) in [5.74, 6) is -4.76. The molecule has 1 fully saturated rings. The van der Waals surface area contributed by atoms with E-state index < -0.39 is 40.8 Å².